The van der Waals surface area contributed by atoms with E-state index >= 15 is 0 Å². The first-order chi connectivity index (χ1) is 5.97. The Hall–Kier alpha value is 0.314. The Labute approximate surface area is 87.8 Å². The van der Waals surface area contributed by atoms with E-state index in [1.165, 1.54) is 0 Å². The number of nitrogens with one attached hydrogen (secondary N) is 3. The molecule has 0 aliphatic carbocycles. The molecule has 13 heavy (non-hydrogen) atoms. The molecule has 0 bridgehead atoms. The number of hydrogen-bond acceptors (Lipinski definition) is 4. The van der Waals surface area contributed by atoms with Gasteiger partial charge in [-0.25, -0.2) is 0 Å². The second kappa shape index (κ2) is 39.5. The summed E-state index contributed by atoms with van der Waals surface area (Å²) in [5.41, 5.74) is 0. The third-order valence-corrected chi connectivity index (χ3v) is 0. The van der Waals surface area contributed by atoms with Crippen molar-refractivity contribution in [1.82, 2.24) is 16.0 Å². The molecule has 0 aliphatic rings. The zero-order chi connectivity index (χ0) is 11.7. The fourth-order valence-corrected chi connectivity index (χ4v) is 0. The van der Waals surface area contributed by atoms with Crippen LogP contribution < -0.4 is 16.0 Å². The predicted octanol–water partition coefficient (Wildman–Crippen LogP) is -1.73. The molecule has 0 fully saturated rings. The summed E-state index contributed by atoms with van der Waals surface area (Å²) in [6.45, 7) is 0. The van der Waals surface area contributed by atoms with Gasteiger partial charge in [0.15, 0.2) is 0 Å². The van der Waals surface area contributed by atoms with E-state index in [1.807, 2.05) is 42.3 Å². The summed E-state index contributed by atoms with van der Waals surface area (Å²) >= 11 is -3.58. The van der Waals surface area contributed by atoms with Crippen molar-refractivity contribution in [2.75, 3.05) is 42.3 Å². The Morgan fingerprint density at radius 2 is 0.769 bits per heavy atom. The molecule has 0 aromatic carbocycles. The first kappa shape index (κ1) is 23.3. The van der Waals surface area contributed by atoms with Crippen molar-refractivity contribution in [1.29, 1.82) is 0 Å². The maximum atomic E-state index is 8.81. The van der Waals surface area contributed by atoms with Gasteiger partial charge in [0, 0.05) is 0 Å². The molecule has 0 heterocycles. The summed E-state index contributed by atoms with van der Waals surface area (Å²) in [7, 11) is 11.2. The predicted molar refractivity (Wildman–Crippen MR) is 50.1 cm³/mol. The van der Waals surface area contributed by atoms with Gasteiger partial charge in [-0.15, -0.1) is 0 Å². The number of rotatable bonds is 0. The van der Waals surface area contributed by atoms with Gasteiger partial charge in [0.2, 0.25) is 0 Å². The van der Waals surface area contributed by atoms with Crippen LogP contribution in [0.1, 0.15) is 0 Å². The van der Waals surface area contributed by atoms with Crippen molar-refractivity contribution in [3.63, 3.8) is 0 Å². The normalized spacial score (nSPS) is 6.15. The molecule has 0 aromatic rings. The van der Waals surface area contributed by atoms with Gasteiger partial charge in [-0.05, 0) is 42.3 Å². The molecule has 84 valence electrons. The molecule has 0 saturated heterocycles. The average Bonchev–Trinajstić information content (AvgIpc) is 1.88. The van der Waals surface area contributed by atoms with Gasteiger partial charge in [-0.1, -0.05) is 0 Å². The Bertz CT molecular complexity index is 67.4. The van der Waals surface area contributed by atoms with Gasteiger partial charge in [-0.3, -0.25) is 0 Å². The molecule has 0 aromatic heterocycles. The van der Waals surface area contributed by atoms with Crippen molar-refractivity contribution in [3.8, 4) is 0 Å². The summed E-state index contributed by atoms with van der Waals surface area (Å²) in [6, 6.07) is 0. The van der Waals surface area contributed by atoms with Crippen LogP contribution in [-0.2, 0) is 21.9 Å². The summed E-state index contributed by atoms with van der Waals surface area (Å²) in [6.07, 6.45) is 0. The molecular formula is C6H23N3O3Ti. The molecule has 0 unspecified atom stereocenters. The van der Waals surface area contributed by atoms with Crippen LogP contribution in [-0.4, -0.2) is 49.7 Å². The molecule has 0 rings (SSSR count). The average molecular weight is 233 g/mol. The minimum absolute atomic E-state index is 1.88. The van der Waals surface area contributed by atoms with Crippen LogP contribution in [0.3, 0.4) is 0 Å². The van der Waals surface area contributed by atoms with E-state index in [4.69, 9.17) is 10.7 Å². The Balaban J connectivity index is -0.0000000420. The molecule has 6 nitrogen and oxygen atoms in total. The van der Waals surface area contributed by atoms with Crippen LogP contribution in [0, 0.1) is 0 Å². The van der Waals surface area contributed by atoms with E-state index in [0.717, 1.165) is 0 Å². The molecule has 7 heteroatoms. The van der Waals surface area contributed by atoms with Gasteiger partial charge in [-0.2, -0.15) is 0 Å². The van der Waals surface area contributed by atoms with E-state index in [-0.39, 0.29) is 0 Å². The maximum absolute atomic E-state index is 8.81. The van der Waals surface area contributed by atoms with Crippen LogP contribution in [0.2, 0.25) is 0 Å². The second-order valence-corrected chi connectivity index (χ2v) is 2.67. The van der Waals surface area contributed by atoms with Gasteiger partial charge in [0.1, 0.15) is 0 Å². The third kappa shape index (κ3) is 13300. The Morgan fingerprint density at radius 1 is 0.769 bits per heavy atom. The van der Waals surface area contributed by atoms with Crippen molar-refractivity contribution in [2.24, 2.45) is 0 Å². The van der Waals surface area contributed by atoms with Crippen LogP contribution in [0.5, 0.6) is 0 Å². The summed E-state index contributed by atoms with van der Waals surface area (Å²) in [5, 5.41) is 8.25. The van der Waals surface area contributed by atoms with Gasteiger partial charge >= 0.3 is 29.3 Å². The molecule has 0 atom stereocenters. The number of hydrogen-bond donors (Lipinski definition) is 5. The SMILES string of the molecule is CNC.CNC.CNC.[O]=[Ti]([OH])[OH]. The van der Waals surface area contributed by atoms with E-state index in [9.17, 15) is 0 Å². The van der Waals surface area contributed by atoms with Crippen LogP contribution in [0.4, 0.5) is 0 Å². The standard InChI is InChI=1S/3C2H7N.2H2O.O.Ti/c3*1-3-2;;;;/h3*3H,1-2H3;2*1H2;;/q;;;;;;+2/p-2. The molecule has 0 radical (unpaired) electrons. The molecule has 5 N–H and O–H groups in total. The van der Waals surface area contributed by atoms with E-state index < -0.39 is 18.6 Å². The van der Waals surface area contributed by atoms with Gasteiger partial charge in [0.25, 0.3) is 0 Å². The van der Waals surface area contributed by atoms with E-state index in [0.29, 0.717) is 0 Å². The summed E-state index contributed by atoms with van der Waals surface area (Å²) < 4.78 is 23.2. The molecule has 0 spiro atoms. The molecule has 0 saturated carbocycles. The van der Waals surface area contributed by atoms with Crippen molar-refractivity contribution in [3.05, 3.63) is 0 Å². The fraction of sp³-hybridized carbons (Fsp3) is 1.00. The summed E-state index contributed by atoms with van der Waals surface area (Å²) in [5.74, 6) is 0. The topological polar surface area (TPSA) is 93.6 Å². The van der Waals surface area contributed by atoms with Crippen LogP contribution in [0.25, 0.3) is 0 Å². The Morgan fingerprint density at radius 3 is 0.769 bits per heavy atom. The quantitative estimate of drug-likeness (QED) is 0.319. The van der Waals surface area contributed by atoms with Gasteiger partial charge < -0.3 is 16.0 Å². The van der Waals surface area contributed by atoms with Crippen molar-refractivity contribution < 1.29 is 29.3 Å². The van der Waals surface area contributed by atoms with Crippen LogP contribution in [0.15, 0.2) is 0 Å². The fourth-order valence-electron chi connectivity index (χ4n) is 0. The third-order valence-electron chi connectivity index (χ3n) is 0. The first-order valence-electron chi connectivity index (χ1n) is 3.65. The zero-order valence-corrected chi connectivity index (χ0v) is 10.9. The Kier molecular flexibility index (Phi) is 70.8. The first-order valence-corrected chi connectivity index (χ1v) is 5.69. The molecule has 0 aliphatic heterocycles. The molecule has 0 amide bonds. The van der Waals surface area contributed by atoms with E-state index in [1.54, 1.807) is 0 Å². The van der Waals surface area contributed by atoms with Crippen molar-refractivity contribution >= 4 is 0 Å². The summed E-state index contributed by atoms with van der Waals surface area (Å²) in [4.78, 5) is 0. The van der Waals surface area contributed by atoms with Gasteiger partial charge in [0.05, 0.1) is 0 Å². The van der Waals surface area contributed by atoms with Crippen LogP contribution >= 0.6 is 0 Å². The van der Waals surface area contributed by atoms with E-state index in [2.05, 4.69) is 16.0 Å². The minimum atomic E-state index is -3.58. The molecular weight excluding hydrogens is 210 g/mol. The monoisotopic (exact) mass is 233 g/mol. The zero-order valence-electron chi connectivity index (χ0n) is 9.30. The van der Waals surface area contributed by atoms with Crippen molar-refractivity contribution in [2.45, 2.75) is 0 Å². The second-order valence-electron chi connectivity index (χ2n) is 1.78.